The molecule has 0 saturated carbocycles. The van der Waals surface area contributed by atoms with Crippen LogP contribution in [0.3, 0.4) is 0 Å². The molecule has 0 saturated heterocycles. The third-order valence-electron chi connectivity index (χ3n) is 6.07. The van der Waals surface area contributed by atoms with Gasteiger partial charge in [-0.1, -0.05) is 0 Å². The Kier molecular flexibility index (Phi) is 8.35. The van der Waals surface area contributed by atoms with Gasteiger partial charge in [0.25, 0.3) is 0 Å². The number of allylic oxidation sites excluding steroid dienone is 4. The minimum atomic E-state index is -2.35. The van der Waals surface area contributed by atoms with E-state index in [1.807, 2.05) is 0 Å². The molecule has 0 nitrogen and oxygen atoms in total. The van der Waals surface area contributed by atoms with Crippen LogP contribution >= 0.6 is 35.2 Å². The van der Waals surface area contributed by atoms with E-state index in [1.165, 1.54) is 21.2 Å². The van der Waals surface area contributed by atoms with Crippen molar-refractivity contribution in [1.29, 1.82) is 0 Å². The average molecular weight is 619 g/mol. The van der Waals surface area contributed by atoms with E-state index >= 15 is 0 Å². The van der Waals surface area contributed by atoms with E-state index in [9.17, 15) is 0 Å². The van der Waals surface area contributed by atoms with Crippen LogP contribution in [-0.2, 0) is 14.0 Å². The van der Waals surface area contributed by atoms with Gasteiger partial charge in [0, 0.05) is 0 Å². The van der Waals surface area contributed by atoms with Crippen LogP contribution in [0.1, 0.15) is 0 Å². The SMILES string of the molecule is [Cl][Ru]([Cl])[C]1(P(c2ccccc2)c2ccccc2)C=CC=CC1P(c1ccccc1)c1ccccc1. The van der Waals surface area contributed by atoms with E-state index in [-0.39, 0.29) is 9.41 Å². The molecular weight excluding hydrogens is 594 g/mol. The van der Waals surface area contributed by atoms with Crippen LogP contribution in [0.4, 0.5) is 0 Å². The molecule has 0 radical (unpaired) electrons. The molecule has 0 aliphatic heterocycles. The van der Waals surface area contributed by atoms with Crippen molar-refractivity contribution in [3.63, 3.8) is 0 Å². The van der Waals surface area contributed by atoms with Gasteiger partial charge in [-0.2, -0.15) is 0 Å². The zero-order chi connectivity index (χ0) is 24.1. The van der Waals surface area contributed by atoms with Crippen molar-refractivity contribution in [1.82, 2.24) is 0 Å². The predicted molar refractivity (Wildman–Crippen MR) is 155 cm³/mol. The van der Waals surface area contributed by atoms with Gasteiger partial charge in [0.05, 0.1) is 0 Å². The molecule has 1 aliphatic rings. The topological polar surface area (TPSA) is 0 Å². The first-order valence-electron chi connectivity index (χ1n) is 11.4. The third kappa shape index (κ3) is 5.14. The Labute approximate surface area is 224 Å². The number of halogens is 2. The number of hydrogen-bond donors (Lipinski definition) is 0. The van der Waals surface area contributed by atoms with Gasteiger partial charge in [0.2, 0.25) is 0 Å². The van der Waals surface area contributed by atoms with Gasteiger partial charge in [-0.3, -0.25) is 0 Å². The molecule has 0 aromatic heterocycles. The summed E-state index contributed by atoms with van der Waals surface area (Å²) in [5, 5.41) is 5.33. The molecule has 1 aliphatic carbocycles. The number of benzene rings is 4. The zero-order valence-electron chi connectivity index (χ0n) is 18.9. The van der Waals surface area contributed by atoms with E-state index < -0.39 is 29.8 Å². The molecule has 2 unspecified atom stereocenters. The second kappa shape index (κ2) is 11.6. The fourth-order valence-electron chi connectivity index (χ4n) is 4.58. The Morgan fingerprint density at radius 1 is 0.543 bits per heavy atom. The van der Waals surface area contributed by atoms with Gasteiger partial charge in [-0.25, -0.2) is 0 Å². The second-order valence-corrected chi connectivity index (χ2v) is 19.9. The fraction of sp³-hybridized carbons (Fsp3) is 0.0667. The molecule has 0 N–H and O–H groups in total. The second-order valence-electron chi connectivity index (χ2n) is 8.13. The summed E-state index contributed by atoms with van der Waals surface area (Å²) in [5.41, 5.74) is 0.174. The summed E-state index contributed by atoms with van der Waals surface area (Å²) in [5.74, 6) is 0. The molecule has 177 valence electrons. The molecular formula is C30H25Cl2P2Ru. The molecule has 5 rings (SSSR count). The van der Waals surface area contributed by atoms with Gasteiger partial charge in [0.1, 0.15) is 0 Å². The van der Waals surface area contributed by atoms with Crippen molar-refractivity contribution in [2.75, 3.05) is 0 Å². The van der Waals surface area contributed by atoms with Gasteiger partial charge >= 0.3 is 225 Å². The Morgan fingerprint density at radius 2 is 0.943 bits per heavy atom. The third-order valence-corrected chi connectivity index (χ3v) is 19.9. The Hall–Kier alpha value is -1.58. The Morgan fingerprint density at radius 3 is 1.34 bits per heavy atom. The first-order valence-corrected chi connectivity index (χ1v) is 19.5. The van der Waals surface area contributed by atoms with Crippen molar-refractivity contribution in [2.45, 2.75) is 9.41 Å². The first-order chi connectivity index (χ1) is 17.2. The molecule has 0 heterocycles. The Balaban J connectivity index is 1.77. The van der Waals surface area contributed by atoms with E-state index in [4.69, 9.17) is 19.4 Å². The van der Waals surface area contributed by atoms with Crippen LogP contribution in [-0.4, -0.2) is 9.41 Å². The standard InChI is InChI=1S/C30H25P2.2ClH.Ru/c1-5-15-25(16-6-1)31(26-17-7-2-8-18-26)29-23-13-14-24-30(29)32(27-19-9-3-10-20-27)28-21-11-4-12-22-28;;;/h1-24,29H;2*1H;/q;;;+2/p-2. The van der Waals surface area contributed by atoms with Crippen LogP contribution < -0.4 is 21.2 Å². The fourth-order valence-corrected chi connectivity index (χ4v) is 19.3. The molecule has 0 spiro atoms. The number of hydrogen-bond acceptors (Lipinski definition) is 0. The van der Waals surface area contributed by atoms with Crippen molar-refractivity contribution in [2.24, 2.45) is 0 Å². The maximum atomic E-state index is 7.27. The summed E-state index contributed by atoms with van der Waals surface area (Å²) in [6.45, 7) is 0. The van der Waals surface area contributed by atoms with Crippen LogP contribution in [0.5, 0.6) is 0 Å². The monoisotopic (exact) mass is 619 g/mol. The molecule has 5 heteroatoms. The van der Waals surface area contributed by atoms with Crippen molar-refractivity contribution in [3.8, 4) is 0 Å². The zero-order valence-corrected chi connectivity index (χ0v) is 24.0. The Bertz CT molecular complexity index is 1200. The van der Waals surface area contributed by atoms with E-state index in [0.717, 1.165) is 0 Å². The van der Waals surface area contributed by atoms with E-state index in [0.29, 0.717) is 0 Å². The van der Waals surface area contributed by atoms with Crippen molar-refractivity contribution >= 4 is 56.4 Å². The first kappa shape index (κ1) is 25.1. The summed E-state index contributed by atoms with van der Waals surface area (Å²) < 4.78 is -0.349. The summed E-state index contributed by atoms with van der Waals surface area (Å²) in [6.07, 6.45) is 9.12. The van der Waals surface area contributed by atoms with Gasteiger partial charge in [0.15, 0.2) is 0 Å². The van der Waals surface area contributed by atoms with Gasteiger partial charge < -0.3 is 0 Å². The summed E-state index contributed by atoms with van der Waals surface area (Å²) in [4.78, 5) is 0. The summed E-state index contributed by atoms with van der Waals surface area (Å²) >= 11 is -2.35. The molecule has 2 atom stereocenters. The summed E-state index contributed by atoms with van der Waals surface area (Å²) in [6, 6.07) is 43.5. The molecule has 35 heavy (non-hydrogen) atoms. The molecule has 0 fully saturated rings. The molecule has 4 aromatic carbocycles. The average Bonchev–Trinajstić information content (AvgIpc) is 2.92. The van der Waals surface area contributed by atoms with Crippen LogP contribution in [0.25, 0.3) is 0 Å². The molecule has 0 bridgehead atoms. The van der Waals surface area contributed by atoms with Gasteiger partial charge in [-0.05, 0) is 0 Å². The van der Waals surface area contributed by atoms with Crippen LogP contribution in [0, 0.1) is 0 Å². The molecule has 0 amide bonds. The normalized spacial score (nSPS) is 19.8. The quantitative estimate of drug-likeness (QED) is 0.150. The predicted octanol–water partition coefficient (Wildman–Crippen LogP) is 7.37. The summed E-state index contributed by atoms with van der Waals surface area (Å²) in [7, 11) is 12.9. The van der Waals surface area contributed by atoms with Crippen molar-refractivity contribution in [3.05, 3.63) is 146 Å². The molecule has 4 aromatic rings. The van der Waals surface area contributed by atoms with E-state index in [2.05, 4.69) is 146 Å². The van der Waals surface area contributed by atoms with Gasteiger partial charge in [-0.15, -0.1) is 0 Å². The minimum absolute atomic E-state index is 0.174. The number of rotatable bonds is 7. The van der Waals surface area contributed by atoms with Crippen LogP contribution in [0.2, 0.25) is 0 Å². The van der Waals surface area contributed by atoms with E-state index in [1.54, 1.807) is 0 Å². The van der Waals surface area contributed by atoms with Crippen LogP contribution in [0.15, 0.2) is 146 Å². The van der Waals surface area contributed by atoms with Crippen molar-refractivity contribution < 1.29 is 14.0 Å². The maximum absolute atomic E-state index is 7.27.